The first-order valence-electron chi connectivity index (χ1n) is 9.54. The third-order valence-corrected chi connectivity index (χ3v) is 9.00. The largest absolute Gasteiger partial charge is 0.379 e. The van der Waals surface area contributed by atoms with Crippen molar-refractivity contribution in [3.8, 4) is 0 Å². The van der Waals surface area contributed by atoms with E-state index in [1.165, 1.54) is 27.4 Å². The molecule has 0 unspecified atom stereocenters. The van der Waals surface area contributed by atoms with Crippen LogP contribution in [0.4, 0.5) is 0 Å². The number of nitrogens with zero attached hydrogens (tertiary/aromatic N) is 2. The van der Waals surface area contributed by atoms with Gasteiger partial charge in [-0.3, -0.25) is 4.79 Å². The van der Waals surface area contributed by atoms with Crippen LogP contribution in [0.1, 0.15) is 5.56 Å². The maximum atomic E-state index is 12.7. The molecule has 2 aromatic carbocycles. The molecule has 1 saturated heterocycles. The number of benzene rings is 2. The van der Waals surface area contributed by atoms with Crippen LogP contribution in [0.2, 0.25) is 5.02 Å². The Labute approximate surface area is 193 Å². The van der Waals surface area contributed by atoms with Crippen LogP contribution in [-0.4, -0.2) is 55.7 Å². The normalized spacial score (nSPS) is 15.3. The summed E-state index contributed by atoms with van der Waals surface area (Å²) in [6.45, 7) is 1.87. The molecule has 1 amide bonds. The van der Waals surface area contributed by atoms with Crippen LogP contribution >= 0.6 is 34.7 Å². The number of morpholine rings is 1. The standard InChI is InChI=1S/C20H20ClN3O4S3/c21-15-3-6-18-17(11-15)23-20(30-18)29-13-19(25)22-12-14-1-4-16(5-2-14)31(26,27)24-7-9-28-10-8-24/h1-6,11H,7-10,12-13H2,(H,22,25). The van der Waals surface area contributed by atoms with E-state index in [4.69, 9.17) is 16.3 Å². The molecule has 1 aromatic heterocycles. The summed E-state index contributed by atoms with van der Waals surface area (Å²) in [4.78, 5) is 16.9. The molecule has 0 radical (unpaired) electrons. The van der Waals surface area contributed by atoms with Crippen LogP contribution in [-0.2, 0) is 26.1 Å². The van der Waals surface area contributed by atoms with Gasteiger partial charge in [0.05, 0.1) is 34.1 Å². The van der Waals surface area contributed by atoms with Gasteiger partial charge in [-0.05, 0) is 35.9 Å². The zero-order valence-electron chi connectivity index (χ0n) is 16.4. The number of nitrogens with one attached hydrogen (secondary N) is 1. The number of sulfonamides is 1. The second-order valence-corrected chi connectivity index (χ2v) is 11.4. The van der Waals surface area contributed by atoms with E-state index in [0.29, 0.717) is 37.9 Å². The van der Waals surface area contributed by atoms with Crippen molar-refractivity contribution in [2.75, 3.05) is 32.1 Å². The van der Waals surface area contributed by atoms with Crippen LogP contribution in [0.25, 0.3) is 10.2 Å². The minimum Gasteiger partial charge on any atom is -0.379 e. The Morgan fingerprint density at radius 3 is 2.68 bits per heavy atom. The molecule has 1 N–H and O–H groups in total. The number of amides is 1. The minimum atomic E-state index is -3.51. The van der Waals surface area contributed by atoms with Crippen molar-refractivity contribution in [3.63, 3.8) is 0 Å². The predicted molar refractivity (Wildman–Crippen MR) is 123 cm³/mol. The smallest absolute Gasteiger partial charge is 0.243 e. The predicted octanol–water partition coefficient (Wildman–Crippen LogP) is 3.38. The van der Waals surface area contributed by atoms with Crippen molar-refractivity contribution in [3.05, 3.63) is 53.1 Å². The Morgan fingerprint density at radius 1 is 1.19 bits per heavy atom. The molecule has 1 aliphatic rings. The van der Waals surface area contributed by atoms with E-state index in [9.17, 15) is 13.2 Å². The number of halogens is 1. The second kappa shape index (κ2) is 9.85. The molecule has 3 aromatic rings. The van der Waals surface area contributed by atoms with Gasteiger partial charge < -0.3 is 10.1 Å². The molecule has 4 rings (SSSR count). The highest BCUT2D eigenvalue weighted by Gasteiger charge is 2.26. The van der Waals surface area contributed by atoms with E-state index in [1.807, 2.05) is 12.1 Å². The Morgan fingerprint density at radius 2 is 1.94 bits per heavy atom. The van der Waals surface area contributed by atoms with Crippen molar-refractivity contribution in [2.45, 2.75) is 15.8 Å². The first kappa shape index (κ1) is 22.5. The summed E-state index contributed by atoms with van der Waals surface area (Å²) in [6.07, 6.45) is 0. The fourth-order valence-electron chi connectivity index (χ4n) is 3.04. The fraction of sp³-hybridized carbons (Fsp3) is 0.300. The number of carbonyl (C=O) groups excluding carboxylic acids is 1. The van der Waals surface area contributed by atoms with Crippen LogP contribution in [0.15, 0.2) is 51.7 Å². The van der Waals surface area contributed by atoms with E-state index in [2.05, 4.69) is 10.3 Å². The summed E-state index contributed by atoms with van der Waals surface area (Å²) in [5, 5.41) is 3.49. The quantitative estimate of drug-likeness (QED) is 0.503. The number of carbonyl (C=O) groups is 1. The highest BCUT2D eigenvalue weighted by molar-refractivity contribution is 8.01. The molecule has 0 spiro atoms. The lowest BCUT2D eigenvalue weighted by Gasteiger charge is -2.26. The fourth-order valence-corrected chi connectivity index (χ4v) is 6.49. The molecule has 164 valence electrons. The molecule has 7 nitrogen and oxygen atoms in total. The number of hydrogen-bond donors (Lipinski definition) is 1. The average molecular weight is 498 g/mol. The van der Waals surface area contributed by atoms with Gasteiger partial charge in [-0.1, -0.05) is 35.5 Å². The number of rotatable bonds is 7. The van der Waals surface area contributed by atoms with Crippen molar-refractivity contribution in [1.29, 1.82) is 0 Å². The summed E-state index contributed by atoms with van der Waals surface area (Å²) in [6, 6.07) is 12.1. The molecule has 0 bridgehead atoms. The van der Waals surface area contributed by atoms with Gasteiger partial charge in [-0.2, -0.15) is 4.31 Å². The number of thioether (sulfide) groups is 1. The lowest BCUT2D eigenvalue weighted by Crippen LogP contribution is -2.40. The molecule has 11 heteroatoms. The van der Waals surface area contributed by atoms with E-state index in [0.717, 1.165) is 20.1 Å². The minimum absolute atomic E-state index is 0.118. The summed E-state index contributed by atoms with van der Waals surface area (Å²) in [5.41, 5.74) is 1.65. The summed E-state index contributed by atoms with van der Waals surface area (Å²) < 4.78 is 33.8. The number of fused-ring (bicyclic) bond motifs is 1. The van der Waals surface area contributed by atoms with Crippen LogP contribution in [0.3, 0.4) is 0 Å². The molecule has 31 heavy (non-hydrogen) atoms. The van der Waals surface area contributed by atoms with Crippen LogP contribution in [0.5, 0.6) is 0 Å². The molecule has 1 aliphatic heterocycles. The van der Waals surface area contributed by atoms with Gasteiger partial charge >= 0.3 is 0 Å². The summed E-state index contributed by atoms with van der Waals surface area (Å²) >= 11 is 8.88. The molecule has 1 fully saturated rings. The highest BCUT2D eigenvalue weighted by atomic mass is 35.5. The highest BCUT2D eigenvalue weighted by Crippen LogP contribution is 2.30. The zero-order chi connectivity index (χ0) is 21.8. The maximum absolute atomic E-state index is 12.7. The topological polar surface area (TPSA) is 88.6 Å². The third kappa shape index (κ3) is 5.57. The second-order valence-electron chi connectivity index (χ2n) is 6.82. The molecular weight excluding hydrogens is 478 g/mol. The lowest BCUT2D eigenvalue weighted by atomic mass is 10.2. The Bertz CT molecular complexity index is 1180. The van der Waals surface area contributed by atoms with Crippen LogP contribution < -0.4 is 5.32 Å². The van der Waals surface area contributed by atoms with E-state index in [-0.39, 0.29) is 16.6 Å². The summed E-state index contributed by atoms with van der Waals surface area (Å²) in [7, 11) is -3.51. The zero-order valence-corrected chi connectivity index (χ0v) is 19.6. The van der Waals surface area contributed by atoms with E-state index < -0.39 is 10.0 Å². The van der Waals surface area contributed by atoms with Gasteiger partial charge in [0.25, 0.3) is 0 Å². The molecule has 0 aliphatic carbocycles. The van der Waals surface area contributed by atoms with Gasteiger partial charge in [0, 0.05) is 24.7 Å². The van der Waals surface area contributed by atoms with Crippen molar-refractivity contribution in [2.24, 2.45) is 0 Å². The van der Waals surface area contributed by atoms with E-state index >= 15 is 0 Å². The maximum Gasteiger partial charge on any atom is 0.243 e. The van der Waals surface area contributed by atoms with Crippen molar-refractivity contribution >= 4 is 60.8 Å². The lowest BCUT2D eigenvalue weighted by molar-refractivity contribution is -0.118. The molecule has 0 saturated carbocycles. The first-order chi connectivity index (χ1) is 14.9. The molecule has 2 heterocycles. The number of thiazole rings is 1. The molecular formula is C20H20ClN3O4S3. The Balaban J connectivity index is 1.28. The monoisotopic (exact) mass is 497 g/mol. The average Bonchev–Trinajstić information content (AvgIpc) is 3.19. The van der Waals surface area contributed by atoms with Crippen molar-refractivity contribution in [1.82, 2.24) is 14.6 Å². The van der Waals surface area contributed by atoms with Crippen molar-refractivity contribution < 1.29 is 17.9 Å². The third-order valence-electron chi connectivity index (χ3n) is 4.68. The Kier molecular flexibility index (Phi) is 7.15. The van der Waals surface area contributed by atoms with Gasteiger partial charge in [0.1, 0.15) is 0 Å². The van der Waals surface area contributed by atoms with E-state index in [1.54, 1.807) is 30.3 Å². The number of hydrogen-bond acceptors (Lipinski definition) is 7. The number of ether oxygens (including phenoxy) is 1. The van der Waals surface area contributed by atoms with Gasteiger partial charge in [-0.15, -0.1) is 11.3 Å². The SMILES string of the molecule is O=C(CSc1nc2cc(Cl)ccc2s1)NCc1ccc(S(=O)(=O)N2CCOCC2)cc1. The summed E-state index contributed by atoms with van der Waals surface area (Å²) in [5.74, 6) is 0.129. The van der Waals surface area contributed by atoms with Gasteiger partial charge in [-0.25, -0.2) is 13.4 Å². The first-order valence-corrected chi connectivity index (χ1v) is 13.2. The van der Waals surface area contributed by atoms with Gasteiger partial charge in [0.15, 0.2) is 4.34 Å². The molecule has 0 atom stereocenters. The van der Waals surface area contributed by atoms with Gasteiger partial charge in [0.2, 0.25) is 15.9 Å². The van der Waals surface area contributed by atoms with Crippen LogP contribution in [0, 0.1) is 0 Å². The Hall–Kier alpha value is -1.69. The number of aromatic nitrogens is 1.